The maximum atomic E-state index is 11.0. The van der Waals surface area contributed by atoms with Crippen LogP contribution in [0.25, 0.3) is 5.69 Å². The summed E-state index contributed by atoms with van der Waals surface area (Å²) in [6.07, 6.45) is 0. The molecule has 0 radical (unpaired) electrons. The number of rotatable bonds is 5. The van der Waals surface area contributed by atoms with Crippen molar-refractivity contribution in [2.75, 3.05) is 0 Å². The molecule has 1 aromatic heterocycles. The summed E-state index contributed by atoms with van der Waals surface area (Å²) >= 11 is 4.86. The summed E-state index contributed by atoms with van der Waals surface area (Å²) in [5, 5.41) is 11.3. The highest BCUT2D eigenvalue weighted by Gasteiger charge is 2.14. The van der Waals surface area contributed by atoms with Crippen molar-refractivity contribution < 1.29 is 4.79 Å². The van der Waals surface area contributed by atoms with Gasteiger partial charge in [0.15, 0.2) is 5.82 Å². The molecule has 1 atom stereocenters. The Labute approximate surface area is 122 Å². The van der Waals surface area contributed by atoms with Crippen LogP contribution in [0, 0.1) is 0 Å². The normalized spacial score (nSPS) is 12.3. The van der Waals surface area contributed by atoms with Gasteiger partial charge in [-0.05, 0) is 45.4 Å². The van der Waals surface area contributed by atoms with E-state index in [-0.39, 0.29) is 11.2 Å². The van der Waals surface area contributed by atoms with Crippen LogP contribution in [0.15, 0.2) is 28.7 Å². The fourth-order valence-electron chi connectivity index (χ4n) is 1.39. The molecule has 0 aliphatic heterocycles. The highest BCUT2D eigenvalue weighted by molar-refractivity contribution is 9.10. The molecule has 1 amide bonds. The average molecular weight is 342 g/mol. The molecule has 2 aromatic rings. The van der Waals surface area contributed by atoms with E-state index in [0.717, 1.165) is 10.2 Å². The minimum Gasteiger partial charge on any atom is -0.369 e. The monoisotopic (exact) mass is 341 g/mol. The Bertz CT molecular complexity index is 588. The second-order valence-corrected chi connectivity index (χ2v) is 6.00. The minimum absolute atomic E-state index is 0.274. The lowest BCUT2D eigenvalue weighted by atomic mass is 10.3. The molecule has 0 bridgehead atoms. The second kappa shape index (κ2) is 6.16. The summed E-state index contributed by atoms with van der Waals surface area (Å²) in [7, 11) is 0. The van der Waals surface area contributed by atoms with Gasteiger partial charge < -0.3 is 5.73 Å². The smallest absolute Gasteiger partial charge is 0.230 e. The molecular weight excluding hydrogens is 330 g/mol. The summed E-state index contributed by atoms with van der Waals surface area (Å²) in [6, 6.07) is 7.65. The first kappa shape index (κ1) is 14.0. The zero-order valence-electron chi connectivity index (χ0n) is 10.2. The maximum absolute atomic E-state index is 11.0. The number of nitrogens with zero attached hydrogens (tertiary/aromatic N) is 4. The molecule has 0 fully saturated rings. The molecule has 19 heavy (non-hydrogen) atoms. The van der Waals surface area contributed by atoms with E-state index in [2.05, 4.69) is 31.5 Å². The number of thioether (sulfide) groups is 1. The van der Waals surface area contributed by atoms with E-state index in [1.54, 1.807) is 11.6 Å². The van der Waals surface area contributed by atoms with E-state index in [1.165, 1.54) is 11.8 Å². The van der Waals surface area contributed by atoms with Crippen molar-refractivity contribution in [3.05, 3.63) is 34.6 Å². The topological polar surface area (TPSA) is 86.7 Å². The number of tetrazole rings is 1. The van der Waals surface area contributed by atoms with Gasteiger partial charge in [-0.15, -0.1) is 16.9 Å². The van der Waals surface area contributed by atoms with Gasteiger partial charge in [0.1, 0.15) is 0 Å². The number of nitrogens with two attached hydrogens (primary N) is 1. The van der Waals surface area contributed by atoms with Gasteiger partial charge in [-0.1, -0.05) is 12.1 Å². The van der Waals surface area contributed by atoms with Crippen LogP contribution in [0.4, 0.5) is 0 Å². The number of carbonyl (C=O) groups excluding carboxylic acids is 1. The van der Waals surface area contributed by atoms with Crippen molar-refractivity contribution >= 4 is 33.6 Å². The molecule has 0 aliphatic rings. The Morgan fingerprint density at radius 2 is 2.26 bits per heavy atom. The number of primary amides is 1. The fourth-order valence-corrected chi connectivity index (χ4v) is 2.58. The van der Waals surface area contributed by atoms with Crippen LogP contribution >= 0.6 is 27.7 Å². The minimum atomic E-state index is -0.343. The Morgan fingerprint density at radius 1 is 1.53 bits per heavy atom. The molecule has 0 saturated heterocycles. The van der Waals surface area contributed by atoms with Crippen LogP contribution in [-0.4, -0.2) is 31.4 Å². The third-order valence-electron chi connectivity index (χ3n) is 2.48. The first-order chi connectivity index (χ1) is 9.09. The molecule has 8 heteroatoms. The predicted molar refractivity (Wildman–Crippen MR) is 76.8 cm³/mol. The SMILES string of the molecule is C[C@@H](SCc1nnnn1-c1ccccc1Br)C(N)=O. The Morgan fingerprint density at radius 3 is 2.95 bits per heavy atom. The van der Waals surface area contributed by atoms with Crippen molar-refractivity contribution in [1.29, 1.82) is 0 Å². The number of para-hydroxylation sites is 1. The van der Waals surface area contributed by atoms with E-state index in [1.807, 2.05) is 24.3 Å². The van der Waals surface area contributed by atoms with E-state index in [0.29, 0.717) is 11.6 Å². The number of hydrogen-bond acceptors (Lipinski definition) is 5. The quantitative estimate of drug-likeness (QED) is 0.891. The summed E-state index contributed by atoms with van der Waals surface area (Å²) < 4.78 is 2.54. The molecular formula is C11H12BrN5OS. The van der Waals surface area contributed by atoms with Crippen molar-refractivity contribution in [2.24, 2.45) is 5.73 Å². The molecule has 2 N–H and O–H groups in total. The number of amides is 1. The van der Waals surface area contributed by atoms with Gasteiger partial charge in [-0.2, -0.15) is 4.68 Å². The largest absolute Gasteiger partial charge is 0.369 e. The molecule has 1 heterocycles. The van der Waals surface area contributed by atoms with Gasteiger partial charge in [0, 0.05) is 4.47 Å². The zero-order valence-corrected chi connectivity index (χ0v) is 12.6. The Hall–Kier alpha value is -1.41. The molecule has 0 aliphatic carbocycles. The summed E-state index contributed by atoms with van der Waals surface area (Å²) in [4.78, 5) is 11.0. The van der Waals surface area contributed by atoms with Gasteiger partial charge in [0.25, 0.3) is 0 Å². The van der Waals surface area contributed by atoms with Gasteiger partial charge in [0.05, 0.1) is 16.7 Å². The summed E-state index contributed by atoms with van der Waals surface area (Å²) in [5.41, 5.74) is 6.08. The average Bonchev–Trinajstić information content (AvgIpc) is 2.84. The van der Waals surface area contributed by atoms with Gasteiger partial charge in [-0.25, -0.2) is 0 Å². The lowest BCUT2D eigenvalue weighted by Gasteiger charge is -2.08. The highest BCUT2D eigenvalue weighted by atomic mass is 79.9. The third kappa shape index (κ3) is 3.32. The van der Waals surface area contributed by atoms with Crippen LogP contribution < -0.4 is 5.73 Å². The Balaban J connectivity index is 2.19. The van der Waals surface area contributed by atoms with E-state index in [9.17, 15) is 4.79 Å². The molecule has 0 spiro atoms. The van der Waals surface area contributed by atoms with Gasteiger partial charge >= 0.3 is 0 Å². The lowest BCUT2D eigenvalue weighted by molar-refractivity contribution is -0.117. The number of carbonyl (C=O) groups is 1. The maximum Gasteiger partial charge on any atom is 0.230 e. The summed E-state index contributed by atoms with van der Waals surface area (Å²) in [6.45, 7) is 1.76. The molecule has 2 rings (SSSR count). The highest BCUT2D eigenvalue weighted by Crippen LogP contribution is 2.22. The number of benzene rings is 1. The zero-order chi connectivity index (χ0) is 13.8. The van der Waals surface area contributed by atoms with Gasteiger partial charge in [0.2, 0.25) is 5.91 Å². The first-order valence-corrected chi connectivity index (χ1v) is 7.37. The standard InChI is InChI=1S/C11H12BrN5OS/c1-7(11(13)18)19-6-10-14-15-16-17(10)9-5-3-2-4-8(9)12/h2-5,7H,6H2,1H3,(H2,13,18)/t7-/m1/s1. The van der Waals surface area contributed by atoms with Crippen LogP contribution in [0.2, 0.25) is 0 Å². The fraction of sp³-hybridized carbons (Fsp3) is 0.273. The first-order valence-electron chi connectivity index (χ1n) is 5.52. The van der Waals surface area contributed by atoms with Crippen LogP contribution in [0.3, 0.4) is 0 Å². The number of aromatic nitrogens is 4. The van der Waals surface area contributed by atoms with E-state index >= 15 is 0 Å². The van der Waals surface area contributed by atoms with E-state index in [4.69, 9.17) is 5.73 Å². The van der Waals surface area contributed by atoms with Crippen LogP contribution in [-0.2, 0) is 10.5 Å². The van der Waals surface area contributed by atoms with Crippen molar-refractivity contribution in [1.82, 2.24) is 20.2 Å². The molecule has 0 unspecified atom stereocenters. The number of hydrogen-bond donors (Lipinski definition) is 1. The van der Waals surface area contributed by atoms with Crippen molar-refractivity contribution in [3.8, 4) is 5.69 Å². The molecule has 0 saturated carbocycles. The molecule has 100 valence electrons. The third-order valence-corrected chi connectivity index (χ3v) is 4.31. The number of halogens is 1. The Kier molecular flexibility index (Phi) is 4.54. The lowest BCUT2D eigenvalue weighted by Crippen LogP contribution is -2.23. The van der Waals surface area contributed by atoms with E-state index < -0.39 is 0 Å². The molecule has 1 aromatic carbocycles. The van der Waals surface area contributed by atoms with Crippen LogP contribution in [0.1, 0.15) is 12.7 Å². The predicted octanol–water partition coefficient (Wildman–Crippen LogP) is 1.53. The van der Waals surface area contributed by atoms with Gasteiger partial charge in [-0.3, -0.25) is 4.79 Å². The second-order valence-electron chi connectivity index (χ2n) is 3.81. The van der Waals surface area contributed by atoms with Crippen molar-refractivity contribution in [3.63, 3.8) is 0 Å². The molecule has 6 nitrogen and oxygen atoms in total. The van der Waals surface area contributed by atoms with Crippen molar-refractivity contribution in [2.45, 2.75) is 17.9 Å². The van der Waals surface area contributed by atoms with Crippen LogP contribution in [0.5, 0.6) is 0 Å². The summed E-state index contributed by atoms with van der Waals surface area (Å²) in [5.74, 6) is 0.841.